The van der Waals surface area contributed by atoms with E-state index in [1.165, 1.54) is 24.3 Å². The van der Waals surface area contributed by atoms with Gasteiger partial charge >= 0.3 is 5.97 Å². The third kappa shape index (κ3) is 5.36. The minimum absolute atomic E-state index is 0.258. The quantitative estimate of drug-likeness (QED) is 0.424. The molecular formula is C22H15BrFNO4. The first-order valence-corrected chi connectivity index (χ1v) is 9.35. The topological polar surface area (TPSA) is 72.5 Å². The molecule has 0 spiro atoms. The molecule has 0 radical (unpaired) electrons. The van der Waals surface area contributed by atoms with Gasteiger partial charge in [0.05, 0.1) is 5.56 Å². The third-order valence-corrected chi connectivity index (χ3v) is 4.48. The number of ether oxygens (including phenoxy) is 1. The van der Waals surface area contributed by atoms with Crippen molar-refractivity contribution >= 4 is 39.3 Å². The fourth-order valence-electron chi connectivity index (χ4n) is 2.48. The van der Waals surface area contributed by atoms with Gasteiger partial charge in [0.2, 0.25) is 0 Å². The van der Waals surface area contributed by atoms with Crippen LogP contribution >= 0.6 is 15.9 Å². The minimum atomic E-state index is -0.927. The molecule has 0 unspecified atom stereocenters. The van der Waals surface area contributed by atoms with Crippen LogP contribution in [0.1, 0.15) is 31.1 Å². The molecule has 0 heterocycles. The SMILES string of the molecule is O=C(COC(=O)c1cc(Br)ccc1F)c1ccc(NC(=O)c2ccccc2)cc1. The van der Waals surface area contributed by atoms with Crippen LogP contribution in [0.15, 0.2) is 77.3 Å². The number of hydrogen-bond donors (Lipinski definition) is 1. The summed E-state index contributed by atoms with van der Waals surface area (Å²) >= 11 is 3.15. The number of anilines is 1. The molecule has 0 aliphatic heterocycles. The zero-order chi connectivity index (χ0) is 20.8. The predicted molar refractivity (Wildman–Crippen MR) is 110 cm³/mol. The minimum Gasteiger partial charge on any atom is -0.454 e. The van der Waals surface area contributed by atoms with E-state index in [1.807, 2.05) is 6.07 Å². The first-order valence-electron chi connectivity index (χ1n) is 8.56. The second kappa shape index (κ2) is 9.25. The zero-order valence-corrected chi connectivity index (χ0v) is 16.6. The van der Waals surface area contributed by atoms with E-state index in [9.17, 15) is 18.8 Å². The van der Waals surface area contributed by atoms with Gasteiger partial charge in [-0.2, -0.15) is 0 Å². The maximum atomic E-state index is 13.7. The average Bonchev–Trinajstić information content (AvgIpc) is 2.74. The first kappa shape index (κ1) is 20.4. The van der Waals surface area contributed by atoms with Crippen molar-refractivity contribution < 1.29 is 23.5 Å². The van der Waals surface area contributed by atoms with Crippen LogP contribution in [0.2, 0.25) is 0 Å². The molecule has 0 aliphatic rings. The van der Waals surface area contributed by atoms with Crippen LogP contribution in [-0.4, -0.2) is 24.3 Å². The summed E-state index contributed by atoms with van der Waals surface area (Å²) in [6.07, 6.45) is 0. The molecule has 1 amide bonds. The van der Waals surface area contributed by atoms with Crippen LogP contribution in [0.3, 0.4) is 0 Å². The molecule has 1 N–H and O–H groups in total. The smallest absolute Gasteiger partial charge is 0.341 e. The number of hydrogen-bond acceptors (Lipinski definition) is 4. The van der Waals surface area contributed by atoms with E-state index in [4.69, 9.17) is 4.74 Å². The molecule has 0 saturated heterocycles. The number of nitrogens with one attached hydrogen (secondary N) is 1. The van der Waals surface area contributed by atoms with Crippen molar-refractivity contribution in [1.29, 1.82) is 0 Å². The van der Waals surface area contributed by atoms with E-state index in [1.54, 1.807) is 36.4 Å². The number of benzene rings is 3. The van der Waals surface area contributed by atoms with Gasteiger partial charge in [0, 0.05) is 21.3 Å². The lowest BCUT2D eigenvalue weighted by Gasteiger charge is -2.08. The van der Waals surface area contributed by atoms with Crippen LogP contribution in [0, 0.1) is 5.82 Å². The van der Waals surface area contributed by atoms with Crippen LogP contribution in [0.5, 0.6) is 0 Å². The Morgan fingerprint density at radius 3 is 2.28 bits per heavy atom. The fourth-order valence-corrected chi connectivity index (χ4v) is 2.84. The van der Waals surface area contributed by atoms with Gasteiger partial charge in [-0.1, -0.05) is 34.1 Å². The Kier molecular flexibility index (Phi) is 6.51. The number of carbonyl (C=O) groups excluding carboxylic acids is 3. The lowest BCUT2D eigenvalue weighted by molar-refractivity contribution is 0.0470. The summed E-state index contributed by atoms with van der Waals surface area (Å²) in [5.74, 6) is -2.38. The summed E-state index contributed by atoms with van der Waals surface area (Å²) in [5, 5.41) is 2.73. The van der Waals surface area contributed by atoms with Gasteiger partial charge in [-0.3, -0.25) is 9.59 Å². The second-order valence-electron chi connectivity index (χ2n) is 6.02. The number of amides is 1. The lowest BCUT2D eigenvalue weighted by Crippen LogP contribution is -2.15. The van der Waals surface area contributed by atoms with Gasteiger partial charge < -0.3 is 10.1 Å². The van der Waals surface area contributed by atoms with Crippen LogP contribution < -0.4 is 5.32 Å². The highest BCUT2D eigenvalue weighted by atomic mass is 79.9. The number of carbonyl (C=O) groups is 3. The number of ketones is 1. The van der Waals surface area contributed by atoms with Crippen molar-refractivity contribution in [2.75, 3.05) is 11.9 Å². The maximum absolute atomic E-state index is 13.7. The Labute approximate surface area is 174 Å². The molecule has 0 fully saturated rings. The maximum Gasteiger partial charge on any atom is 0.341 e. The number of esters is 1. The molecule has 7 heteroatoms. The molecule has 0 aliphatic carbocycles. The summed E-state index contributed by atoms with van der Waals surface area (Å²) in [7, 11) is 0. The Balaban J connectivity index is 1.58. The van der Waals surface area contributed by atoms with Gasteiger partial charge in [-0.05, 0) is 54.6 Å². The monoisotopic (exact) mass is 455 g/mol. The van der Waals surface area contributed by atoms with Crippen molar-refractivity contribution in [2.45, 2.75) is 0 Å². The number of Topliss-reactive ketones (excluding diaryl/α,β-unsaturated/α-hetero) is 1. The summed E-state index contributed by atoms with van der Waals surface area (Å²) < 4.78 is 19.1. The Bertz CT molecular complexity index is 1050. The standard InChI is InChI=1S/C22H15BrFNO4/c23-16-8-11-19(24)18(12-16)22(28)29-13-20(26)14-6-9-17(10-7-14)25-21(27)15-4-2-1-3-5-15/h1-12H,13H2,(H,25,27). The molecule has 29 heavy (non-hydrogen) atoms. The predicted octanol–water partition coefficient (Wildman–Crippen LogP) is 4.88. The van der Waals surface area contributed by atoms with Crippen LogP contribution in [0.25, 0.3) is 0 Å². The van der Waals surface area contributed by atoms with Gasteiger partial charge in [0.15, 0.2) is 12.4 Å². The van der Waals surface area contributed by atoms with Crippen LogP contribution in [0.4, 0.5) is 10.1 Å². The Hall–Kier alpha value is -3.32. The summed E-state index contributed by atoms with van der Waals surface area (Å²) in [4.78, 5) is 36.3. The van der Waals surface area contributed by atoms with E-state index in [0.717, 1.165) is 6.07 Å². The number of rotatable bonds is 6. The largest absolute Gasteiger partial charge is 0.454 e. The first-order chi connectivity index (χ1) is 13.9. The summed E-state index contributed by atoms with van der Waals surface area (Å²) in [5.41, 5.74) is 1.07. The molecule has 0 aromatic heterocycles. The molecule has 0 saturated carbocycles. The van der Waals surface area contributed by atoms with Crippen molar-refractivity contribution in [3.8, 4) is 0 Å². The molecule has 3 aromatic carbocycles. The zero-order valence-electron chi connectivity index (χ0n) is 15.0. The van der Waals surface area contributed by atoms with Crippen molar-refractivity contribution in [1.82, 2.24) is 0 Å². The molecule has 0 atom stereocenters. The van der Waals surface area contributed by atoms with E-state index in [0.29, 0.717) is 21.3 Å². The average molecular weight is 456 g/mol. The molecule has 146 valence electrons. The molecular weight excluding hydrogens is 441 g/mol. The van der Waals surface area contributed by atoms with Gasteiger partial charge in [0.25, 0.3) is 5.91 Å². The van der Waals surface area contributed by atoms with Crippen LogP contribution in [-0.2, 0) is 4.74 Å². The highest BCUT2D eigenvalue weighted by molar-refractivity contribution is 9.10. The van der Waals surface area contributed by atoms with E-state index in [2.05, 4.69) is 21.2 Å². The highest BCUT2D eigenvalue weighted by Crippen LogP contribution is 2.17. The van der Waals surface area contributed by atoms with Crippen molar-refractivity contribution in [2.24, 2.45) is 0 Å². The van der Waals surface area contributed by atoms with Gasteiger partial charge in [-0.15, -0.1) is 0 Å². The molecule has 5 nitrogen and oxygen atoms in total. The lowest BCUT2D eigenvalue weighted by atomic mass is 10.1. The van der Waals surface area contributed by atoms with Gasteiger partial charge in [-0.25, -0.2) is 9.18 Å². The molecule has 3 aromatic rings. The highest BCUT2D eigenvalue weighted by Gasteiger charge is 2.16. The third-order valence-electron chi connectivity index (χ3n) is 3.98. The number of halogens is 2. The summed E-state index contributed by atoms with van der Waals surface area (Å²) in [6, 6.07) is 18.8. The fraction of sp³-hybridized carbons (Fsp3) is 0.0455. The Morgan fingerprint density at radius 2 is 1.59 bits per heavy atom. The normalized spacial score (nSPS) is 10.3. The summed E-state index contributed by atoms with van der Waals surface area (Å²) in [6.45, 7) is -0.527. The van der Waals surface area contributed by atoms with E-state index >= 15 is 0 Å². The molecule has 0 bridgehead atoms. The van der Waals surface area contributed by atoms with Crippen molar-refractivity contribution in [3.63, 3.8) is 0 Å². The van der Waals surface area contributed by atoms with E-state index in [-0.39, 0.29) is 11.5 Å². The second-order valence-corrected chi connectivity index (χ2v) is 6.94. The van der Waals surface area contributed by atoms with Crippen molar-refractivity contribution in [3.05, 3.63) is 99.8 Å². The van der Waals surface area contributed by atoms with Gasteiger partial charge in [0.1, 0.15) is 5.82 Å². The Morgan fingerprint density at radius 1 is 0.897 bits per heavy atom. The molecule has 3 rings (SSSR count). The van der Waals surface area contributed by atoms with E-state index < -0.39 is 24.2 Å².